The van der Waals surface area contributed by atoms with Gasteiger partial charge in [0.15, 0.2) is 0 Å². The smallest absolute Gasteiger partial charge is 0.00968 e. The molecule has 3 aliphatic rings. The molecule has 0 unspecified atom stereocenters. The van der Waals surface area contributed by atoms with Gasteiger partial charge in [-0.1, -0.05) is 32.6 Å². The summed E-state index contributed by atoms with van der Waals surface area (Å²) in [6.07, 6.45) is 16.0. The standard InChI is InChI=1S/C18H34N2/c1-2-13-19-16-7-9-17(10-8-16)20-14-18(15-20)11-5-3-4-6-12-18/h16-17,19H,2-15H2,1H3. The van der Waals surface area contributed by atoms with Gasteiger partial charge in [-0.2, -0.15) is 0 Å². The Balaban J connectivity index is 1.40. The van der Waals surface area contributed by atoms with Gasteiger partial charge in [-0.05, 0) is 56.9 Å². The molecule has 1 N–H and O–H groups in total. The van der Waals surface area contributed by atoms with Crippen LogP contribution in [-0.4, -0.2) is 36.6 Å². The van der Waals surface area contributed by atoms with E-state index in [0.29, 0.717) is 0 Å². The summed E-state index contributed by atoms with van der Waals surface area (Å²) in [5.41, 5.74) is 0.758. The van der Waals surface area contributed by atoms with Crippen molar-refractivity contribution in [3.63, 3.8) is 0 Å². The van der Waals surface area contributed by atoms with Gasteiger partial charge in [0.1, 0.15) is 0 Å². The summed E-state index contributed by atoms with van der Waals surface area (Å²) in [4.78, 5) is 2.83. The Morgan fingerprint density at radius 2 is 1.60 bits per heavy atom. The van der Waals surface area contributed by atoms with Crippen molar-refractivity contribution < 1.29 is 0 Å². The maximum Gasteiger partial charge on any atom is 0.00968 e. The van der Waals surface area contributed by atoms with Gasteiger partial charge in [-0.25, -0.2) is 0 Å². The van der Waals surface area contributed by atoms with E-state index in [0.717, 1.165) is 17.5 Å². The number of hydrogen-bond acceptors (Lipinski definition) is 2. The molecule has 2 heteroatoms. The van der Waals surface area contributed by atoms with Crippen molar-refractivity contribution in [2.24, 2.45) is 5.41 Å². The molecule has 1 saturated heterocycles. The normalized spacial score (nSPS) is 34.6. The highest BCUT2D eigenvalue weighted by Gasteiger charge is 2.45. The number of hydrogen-bond donors (Lipinski definition) is 1. The number of nitrogens with one attached hydrogen (secondary N) is 1. The summed E-state index contributed by atoms with van der Waals surface area (Å²) in [7, 11) is 0. The number of rotatable bonds is 4. The van der Waals surface area contributed by atoms with Crippen molar-refractivity contribution in [2.45, 2.75) is 89.6 Å². The van der Waals surface area contributed by atoms with E-state index < -0.39 is 0 Å². The molecule has 0 aromatic carbocycles. The SMILES string of the molecule is CCCNC1CCC(N2CC3(CCCCCC3)C2)CC1. The van der Waals surface area contributed by atoms with Gasteiger partial charge in [-0.15, -0.1) is 0 Å². The van der Waals surface area contributed by atoms with Crippen molar-refractivity contribution in [1.82, 2.24) is 10.2 Å². The molecule has 2 aliphatic carbocycles. The average molecular weight is 278 g/mol. The summed E-state index contributed by atoms with van der Waals surface area (Å²) >= 11 is 0. The molecule has 3 rings (SSSR count). The second-order valence-corrected chi connectivity index (χ2v) is 7.78. The van der Waals surface area contributed by atoms with Gasteiger partial charge in [0.25, 0.3) is 0 Å². The Labute approximate surface area is 125 Å². The predicted molar refractivity (Wildman–Crippen MR) is 86.0 cm³/mol. The largest absolute Gasteiger partial charge is 0.314 e. The molecule has 0 atom stereocenters. The first-order valence-corrected chi connectivity index (χ1v) is 9.29. The van der Waals surface area contributed by atoms with Crippen molar-refractivity contribution >= 4 is 0 Å². The van der Waals surface area contributed by atoms with Crippen molar-refractivity contribution in [3.8, 4) is 0 Å². The first-order chi connectivity index (χ1) is 9.81. The maximum absolute atomic E-state index is 3.71. The summed E-state index contributed by atoms with van der Waals surface area (Å²) in [6, 6.07) is 1.74. The molecule has 0 aromatic heterocycles. The third-order valence-electron chi connectivity index (χ3n) is 6.14. The summed E-state index contributed by atoms with van der Waals surface area (Å²) in [6.45, 7) is 6.35. The number of likely N-dealkylation sites (tertiary alicyclic amines) is 1. The van der Waals surface area contributed by atoms with E-state index in [2.05, 4.69) is 17.1 Å². The molecular weight excluding hydrogens is 244 g/mol. The Morgan fingerprint density at radius 1 is 0.950 bits per heavy atom. The van der Waals surface area contributed by atoms with Crippen LogP contribution < -0.4 is 5.32 Å². The molecular formula is C18H34N2. The van der Waals surface area contributed by atoms with E-state index in [4.69, 9.17) is 0 Å². The fraction of sp³-hybridized carbons (Fsp3) is 1.00. The van der Waals surface area contributed by atoms with Crippen LogP contribution in [-0.2, 0) is 0 Å². The van der Waals surface area contributed by atoms with Crippen LogP contribution in [0.5, 0.6) is 0 Å². The van der Waals surface area contributed by atoms with Gasteiger partial charge in [0.05, 0.1) is 0 Å². The minimum absolute atomic E-state index is 0.758. The molecule has 2 saturated carbocycles. The highest BCUT2D eigenvalue weighted by Crippen LogP contribution is 2.45. The van der Waals surface area contributed by atoms with Crippen LogP contribution in [0, 0.1) is 5.41 Å². The zero-order valence-electron chi connectivity index (χ0n) is 13.5. The zero-order valence-corrected chi connectivity index (χ0v) is 13.5. The van der Waals surface area contributed by atoms with E-state index >= 15 is 0 Å². The fourth-order valence-electron chi connectivity index (χ4n) is 4.86. The Hall–Kier alpha value is -0.0800. The molecule has 0 radical (unpaired) electrons. The molecule has 1 heterocycles. The van der Waals surface area contributed by atoms with E-state index in [1.807, 2.05) is 0 Å². The van der Waals surface area contributed by atoms with Crippen molar-refractivity contribution in [3.05, 3.63) is 0 Å². The predicted octanol–water partition coefficient (Wildman–Crippen LogP) is 3.95. The van der Waals surface area contributed by atoms with Crippen LogP contribution in [0.25, 0.3) is 0 Å². The second-order valence-electron chi connectivity index (χ2n) is 7.78. The maximum atomic E-state index is 3.71. The van der Waals surface area contributed by atoms with E-state index in [1.54, 1.807) is 0 Å². The fourth-order valence-corrected chi connectivity index (χ4v) is 4.86. The molecule has 0 aromatic rings. The Kier molecular flexibility index (Phi) is 5.04. The average Bonchev–Trinajstić information content (AvgIpc) is 2.70. The molecule has 116 valence electrons. The molecule has 20 heavy (non-hydrogen) atoms. The first kappa shape index (κ1) is 14.8. The molecule has 1 aliphatic heterocycles. The van der Waals surface area contributed by atoms with Gasteiger partial charge < -0.3 is 5.32 Å². The van der Waals surface area contributed by atoms with Crippen LogP contribution in [0.3, 0.4) is 0 Å². The quantitative estimate of drug-likeness (QED) is 0.837. The zero-order chi connectivity index (χ0) is 13.8. The topological polar surface area (TPSA) is 15.3 Å². The highest BCUT2D eigenvalue weighted by molar-refractivity contribution is 4.99. The van der Waals surface area contributed by atoms with E-state index in [1.165, 1.54) is 90.3 Å². The van der Waals surface area contributed by atoms with Gasteiger partial charge in [-0.3, -0.25) is 4.90 Å². The molecule has 2 nitrogen and oxygen atoms in total. The van der Waals surface area contributed by atoms with Crippen LogP contribution >= 0.6 is 0 Å². The lowest BCUT2D eigenvalue weighted by Crippen LogP contribution is -2.60. The van der Waals surface area contributed by atoms with E-state index in [-0.39, 0.29) is 0 Å². The minimum Gasteiger partial charge on any atom is -0.314 e. The van der Waals surface area contributed by atoms with Crippen molar-refractivity contribution in [2.75, 3.05) is 19.6 Å². The first-order valence-electron chi connectivity index (χ1n) is 9.29. The van der Waals surface area contributed by atoms with Crippen LogP contribution in [0.2, 0.25) is 0 Å². The monoisotopic (exact) mass is 278 g/mol. The number of nitrogens with zero attached hydrogens (tertiary/aromatic N) is 1. The van der Waals surface area contributed by atoms with Crippen molar-refractivity contribution in [1.29, 1.82) is 0 Å². The lowest BCUT2D eigenvalue weighted by atomic mass is 9.72. The molecule has 1 spiro atoms. The van der Waals surface area contributed by atoms with Gasteiger partial charge in [0, 0.05) is 25.2 Å². The van der Waals surface area contributed by atoms with Gasteiger partial charge >= 0.3 is 0 Å². The van der Waals surface area contributed by atoms with Crippen LogP contribution in [0.1, 0.15) is 77.6 Å². The van der Waals surface area contributed by atoms with Gasteiger partial charge in [0.2, 0.25) is 0 Å². The minimum atomic E-state index is 0.758. The third kappa shape index (κ3) is 3.39. The lowest BCUT2D eigenvalue weighted by Gasteiger charge is -2.55. The Bertz CT molecular complexity index is 278. The summed E-state index contributed by atoms with van der Waals surface area (Å²) in [5, 5.41) is 3.71. The van der Waals surface area contributed by atoms with E-state index in [9.17, 15) is 0 Å². The molecule has 0 bridgehead atoms. The molecule has 3 fully saturated rings. The second kappa shape index (κ2) is 6.79. The lowest BCUT2D eigenvalue weighted by molar-refractivity contribution is -0.0522. The molecule has 0 amide bonds. The third-order valence-corrected chi connectivity index (χ3v) is 6.14. The Morgan fingerprint density at radius 3 is 2.20 bits per heavy atom. The summed E-state index contributed by atoms with van der Waals surface area (Å²) in [5.74, 6) is 0. The highest BCUT2D eigenvalue weighted by atomic mass is 15.2. The van der Waals surface area contributed by atoms with Crippen LogP contribution in [0.4, 0.5) is 0 Å². The summed E-state index contributed by atoms with van der Waals surface area (Å²) < 4.78 is 0. The van der Waals surface area contributed by atoms with Crippen LogP contribution in [0.15, 0.2) is 0 Å².